The first-order valence-electron chi connectivity index (χ1n) is 11.8. The summed E-state index contributed by atoms with van der Waals surface area (Å²) in [6, 6.07) is 18.9. The molecule has 0 radical (unpaired) electrons. The third-order valence-corrected chi connectivity index (χ3v) is 7.82. The highest BCUT2D eigenvalue weighted by Crippen LogP contribution is 2.30. The van der Waals surface area contributed by atoms with Crippen LogP contribution in [0.3, 0.4) is 0 Å². The zero-order chi connectivity index (χ0) is 26.5. The Labute approximate surface area is 214 Å². The average molecular weight is 511 g/mol. The molecule has 0 aliphatic rings. The zero-order valence-electron chi connectivity index (χ0n) is 21.6. The Balaban J connectivity index is 1.89. The van der Waals surface area contributed by atoms with Gasteiger partial charge in [0.15, 0.2) is 11.5 Å². The van der Waals surface area contributed by atoms with Crippen molar-refractivity contribution >= 4 is 21.6 Å². The first-order valence-corrected chi connectivity index (χ1v) is 13.2. The Kier molecular flexibility index (Phi) is 8.63. The predicted octanol–water partition coefficient (Wildman–Crippen LogP) is 5.21. The number of anilines is 1. The average Bonchev–Trinajstić information content (AvgIpc) is 2.87. The van der Waals surface area contributed by atoms with Crippen LogP contribution in [0.1, 0.15) is 49.4 Å². The van der Waals surface area contributed by atoms with Crippen LogP contribution in [0.2, 0.25) is 0 Å². The number of rotatable bonds is 10. The predicted molar refractivity (Wildman–Crippen MR) is 142 cm³/mol. The van der Waals surface area contributed by atoms with Gasteiger partial charge in [-0.25, -0.2) is 8.42 Å². The van der Waals surface area contributed by atoms with Gasteiger partial charge in [-0.1, -0.05) is 49.7 Å². The summed E-state index contributed by atoms with van der Waals surface area (Å²) in [6.07, 6.45) is 0. The molecule has 3 rings (SSSR count). The molecule has 192 valence electrons. The van der Waals surface area contributed by atoms with E-state index in [-0.39, 0.29) is 17.5 Å². The van der Waals surface area contributed by atoms with Crippen molar-refractivity contribution in [2.24, 2.45) is 0 Å². The van der Waals surface area contributed by atoms with Gasteiger partial charge in [-0.05, 0) is 67.3 Å². The number of carbonyl (C=O) groups excluding carboxylic acids is 1. The summed E-state index contributed by atoms with van der Waals surface area (Å²) in [4.78, 5) is 13.2. The Morgan fingerprint density at radius 1 is 0.861 bits per heavy atom. The van der Waals surface area contributed by atoms with E-state index in [0.29, 0.717) is 23.1 Å². The van der Waals surface area contributed by atoms with E-state index < -0.39 is 15.9 Å². The van der Waals surface area contributed by atoms with Gasteiger partial charge in [-0.3, -0.25) is 9.10 Å². The lowest BCUT2D eigenvalue weighted by atomic mass is 10.0. The molecule has 0 saturated heterocycles. The second-order valence-corrected chi connectivity index (χ2v) is 10.8. The highest BCUT2D eigenvalue weighted by atomic mass is 32.2. The van der Waals surface area contributed by atoms with Gasteiger partial charge < -0.3 is 14.8 Å². The summed E-state index contributed by atoms with van der Waals surface area (Å²) in [5, 5.41) is 2.91. The molecule has 0 aliphatic heterocycles. The number of methoxy groups -OCH3 is 2. The second-order valence-electron chi connectivity index (χ2n) is 8.97. The van der Waals surface area contributed by atoms with Crippen molar-refractivity contribution in [2.45, 2.75) is 44.6 Å². The molecule has 0 aromatic heterocycles. The minimum atomic E-state index is -3.98. The number of ether oxygens (including phenoxy) is 2. The Hall–Kier alpha value is -3.52. The summed E-state index contributed by atoms with van der Waals surface area (Å²) in [6.45, 7) is 7.49. The van der Waals surface area contributed by atoms with Crippen LogP contribution in [-0.4, -0.2) is 35.1 Å². The largest absolute Gasteiger partial charge is 0.493 e. The van der Waals surface area contributed by atoms with Crippen LogP contribution in [0.15, 0.2) is 71.6 Å². The number of hydrogen-bond acceptors (Lipinski definition) is 5. The molecule has 1 N–H and O–H groups in total. The highest BCUT2D eigenvalue weighted by molar-refractivity contribution is 7.92. The fraction of sp³-hybridized carbons (Fsp3) is 0.321. The van der Waals surface area contributed by atoms with E-state index in [9.17, 15) is 13.2 Å². The fourth-order valence-corrected chi connectivity index (χ4v) is 5.22. The van der Waals surface area contributed by atoms with E-state index in [2.05, 4.69) is 19.2 Å². The minimum absolute atomic E-state index is 0.127. The SMILES string of the molecule is COc1ccc([C@@H](C)NC(=O)CN(c2ccc(C(C)C)cc2)S(=O)(=O)c2ccc(C)cc2)cc1OC. The van der Waals surface area contributed by atoms with Gasteiger partial charge in [0.1, 0.15) is 6.54 Å². The first-order chi connectivity index (χ1) is 17.1. The third-order valence-electron chi connectivity index (χ3n) is 6.03. The van der Waals surface area contributed by atoms with Crippen LogP contribution < -0.4 is 19.1 Å². The lowest BCUT2D eigenvalue weighted by Crippen LogP contribution is -2.41. The number of sulfonamides is 1. The number of nitrogens with one attached hydrogen (secondary N) is 1. The molecule has 0 aliphatic carbocycles. The summed E-state index contributed by atoms with van der Waals surface area (Å²) in [5.74, 6) is 0.998. The van der Waals surface area contributed by atoms with Crippen molar-refractivity contribution in [3.05, 3.63) is 83.4 Å². The van der Waals surface area contributed by atoms with Crippen LogP contribution >= 0.6 is 0 Å². The fourth-order valence-electron chi connectivity index (χ4n) is 3.80. The van der Waals surface area contributed by atoms with Crippen LogP contribution in [0, 0.1) is 6.92 Å². The van der Waals surface area contributed by atoms with Gasteiger partial charge in [-0.2, -0.15) is 0 Å². The zero-order valence-corrected chi connectivity index (χ0v) is 22.4. The smallest absolute Gasteiger partial charge is 0.264 e. The molecule has 0 heterocycles. The molecule has 1 amide bonds. The lowest BCUT2D eigenvalue weighted by Gasteiger charge is -2.25. The maximum Gasteiger partial charge on any atom is 0.264 e. The van der Waals surface area contributed by atoms with Gasteiger partial charge in [0, 0.05) is 0 Å². The number of hydrogen-bond donors (Lipinski definition) is 1. The maximum atomic E-state index is 13.6. The van der Waals surface area contributed by atoms with Crippen molar-refractivity contribution in [1.82, 2.24) is 5.32 Å². The molecule has 36 heavy (non-hydrogen) atoms. The normalized spacial score (nSPS) is 12.2. The summed E-state index contributed by atoms with van der Waals surface area (Å²) < 4.78 is 39.0. The van der Waals surface area contributed by atoms with Gasteiger partial charge in [0.2, 0.25) is 5.91 Å². The van der Waals surface area contributed by atoms with E-state index in [4.69, 9.17) is 9.47 Å². The van der Waals surface area contributed by atoms with E-state index >= 15 is 0 Å². The van der Waals surface area contributed by atoms with E-state index in [1.807, 2.05) is 32.0 Å². The summed E-state index contributed by atoms with van der Waals surface area (Å²) in [5.41, 5.74) is 3.25. The number of carbonyl (C=O) groups is 1. The summed E-state index contributed by atoms with van der Waals surface area (Å²) >= 11 is 0. The topological polar surface area (TPSA) is 84.9 Å². The molecule has 0 spiro atoms. The molecule has 7 nitrogen and oxygen atoms in total. The molecule has 1 atom stereocenters. The third kappa shape index (κ3) is 6.18. The maximum absolute atomic E-state index is 13.6. The van der Waals surface area contributed by atoms with Crippen molar-refractivity contribution in [2.75, 3.05) is 25.1 Å². The number of aryl methyl sites for hydroxylation is 1. The standard InChI is InChI=1S/C28H34N2O5S/c1-19(2)22-9-12-24(13-10-22)30(36(32,33)25-14-7-20(3)8-15-25)18-28(31)29-21(4)23-11-16-26(34-5)27(17-23)35-6/h7-17,19,21H,18H2,1-6H3,(H,29,31)/t21-/m1/s1. The van der Waals surface area contributed by atoms with Crippen molar-refractivity contribution < 1.29 is 22.7 Å². The molecule has 0 unspecified atom stereocenters. The molecule has 0 fully saturated rings. The monoisotopic (exact) mass is 510 g/mol. The quantitative estimate of drug-likeness (QED) is 0.405. The number of nitrogens with zero attached hydrogens (tertiary/aromatic N) is 1. The Bertz CT molecular complexity index is 1290. The van der Waals surface area contributed by atoms with Crippen LogP contribution in [0.25, 0.3) is 0 Å². The molecule has 3 aromatic carbocycles. The van der Waals surface area contributed by atoms with Crippen LogP contribution in [-0.2, 0) is 14.8 Å². The minimum Gasteiger partial charge on any atom is -0.493 e. The molecular weight excluding hydrogens is 476 g/mol. The van der Waals surface area contributed by atoms with Crippen molar-refractivity contribution in [3.63, 3.8) is 0 Å². The van der Waals surface area contributed by atoms with Gasteiger partial charge in [0.25, 0.3) is 10.0 Å². The van der Waals surface area contributed by atoms with Gasteiger partial charge in [-0.15, -0.1) is 0 Å². The molecular formula is C28H34N2O5S. The van der Waals surface area contributed by atoms with Crippen LogP contribution in [0.5, 0.6) is 11.5 Å². The Morgan fingerprint density at radius 2 is 1.44 bits per heavy atom. The second kappa shape index (κ2) is 11.5. The number of amides is 1. The van der Waals surface area contributed by atoms with E-state index in [1.54, 1.807) is 62.8 Å². The van der Waals surface area contributed by atoms with Crippen molar-refractivity contribution in [1.29, 1.82) is 0 Å². The van der Waals surface area contributed by atoms with E-state index in [0.717, 1.165) is 21.0 Å². The van der Waals surface area contributed by atoms with E-state index in [1.165, 1.54) is 0 Å². The van der Waals surface area contributed by atoms with Gasteiger partial charge in [0.05, 0.1) is 30.8 Å². The molecule has 8 heteroatoms. The van der Waals surface area contributed by atoms with Crippen LogP contribution in [0.4, 0.5) is 5.69 Å². The molecule has 0 bridgehead atoms. The van der Waals surface area contributed by atoms with Gasteiger partial charge >= 0.3 is 0 Å². The highest BCUT2D eigenvalue weighted by Gasteiger charge is 2.28. The number of benzene rings is 3. The first kappa shape index (κ1) is 27.1. The van der Waals surface area contributed by atoms with Crippen molar-refractivity contribution in [3.8, 4) is 11.5 Å². The molecule has 3 aromatic rings. The molecule has 0 saturated carbocycles. The Morgan fingerprint density at radius 3 is 2.00 bits per heavy atom. The lowest BCUT2D eigenvalue weighted by molar-refractivity contribution is -0.120. The summed E-state index contributed by atoms with van der Waals surface area (Å²) in [7, 11) is -0.883.